The monoisotopic (exact) mass is 466 g/mol. The molecule has 9 heteroatoms. The predicted molar refractivity (Wildman–Crippen MR) is 110 cm³/mol. The minimum Gasteiger partial charge on any atom is -0.446 e. The Kier molecular flexibility index (Phi) is 6.76. The van der Waals surface area contributed by atoms with E-state index in [1.807, 2.05) is 16.7 Å². The van der Waals surface area contributed by atoms with Crippen molar-refractivity contribution in [1.29, 1.82) is 0 Å². The molecule has 3 rings (SSSR count). The summed E-state index contributed by atoms with van der Waals surface area (Å²) < 4.78 is 8.02. The van der Waals surface area contributed by atoms with Gasteiger partial charge in [-0.05, 0) is 45.8 Å². The van der Waals surface area contributed by atoms with Gasteiger partial charge in [-0.15, -0.1) is 16.8 Å². The maximum absolute atomic E-state index is 12.1. The maximum atomic E-state index is 12.1. The smallest absolute Gasteiger partial charge is 0.230 e. The summed E-state index contributed by atoms with van der Waals surface area (Å²) in [5.41, 5.74) is 0.984. The lowest BCUT2D eigenvalue weighted by molar-refractivity contribution is -0.118. The van der Waals surface area contributed by atoms with E-state index in [2.05, 4.69) is 38.0 Å². The molecule has 140 valence electrons. The first-order valence-corrected chi connectivity index (χ1v) is 10.2. The van der Waals surface area contributed by atoms with Crippen molar-refractivity contribution in [3.8, 4) is 11.6 Å². The minimum absolute atomic E-state index is 0.0922. The molecule has 27 heavy (non-hydrogen) atoms. The minimum atomic E-state index is -0.0922. The zero-order valence-corrected chi connectivity index (χ0v) is 17.4. The molecular formula is C18H16BrClN4O2S. The van der Waals surface area contributed by atoms with E-state index in [4.69, 9.17) is 16.0 Å². The number of furan rings is 1. The maximum Gasteiger partial charge on any atom is 0.230 e. The van der Waals surface area contributed by atoms with Gasteiger partial charge in [-0.1, -0.05) is 41.6 Å². The average Bonchev–Trinajstić information content (AvgIpc) is 3.26. The first-order valence-electron chi connectivity index (χ1n) is 8.00. The molecule has 0 bridgehead atoms. The van der Waals surface area contributed by atoms with Crippen LogP contribution < -0.4 is 5.32 Å². The topological polar surface area (TPSA) is 73.0 Å². The Morgan fingerprint density at radius 2 is 2.07 bits per heavy atom. The highest BCUT2D eigenvalue weighted by atomic mass is 79.9. The number of nitrogens with one attached hydrogen (secondary N) is 1. The standard InChI is InChI=1S/C18H16BrClN4O2S/c1-2-9-24-17(14-7-8-15(19)26-14)22-23-18(24)27-11-16(25)21-10-12-3-5-13(20)6-4-12/h2-8H,1,9-11H2,(H,21,25). The molecule has 0 atom stereocenters. The molecule has 0 fully saturated rings. The molecule has 0 spiro atoms. The van der Waals surface area contributed by atoms with Crippen LogP contribution in [-0.4, -0.2) is 26.4 Å². The highest BCUT2D eigenvalue weighted by Crippen LogP contribution is 2.27. The molecule has 0 aliphatic carbocycles. The quantitative estimate of drug-likeness (QED) is 0.389. The normalized spacial score (nSPS) is 10.7. The van der Waals surface area contributed by atoms with Crippen LogP contribution in [0.1, 0.15) is 5.56 Å². The largest absolute Gasteiger partial charge is 0.446 e. The number of nitrogens with zero attached hydrogens (tertiary/aromatic N) is 3. The molecule has 6 nitrogen and oxygen atoms in total. The zero-order valence-electron chi connectivity index (χ0n) is 14.2. The predicted octanol–water partition coefficient (Wildman–Crippen LogP) is 4.55. The van der Waals surface area contributed by atoms with Crippen molar-refractivity contribution in [3.63, 3.8) is 0 Å². The van der Waals surface area contributed by atoms with Crippen LogP contribution in [0.5, 0.6) is 0 Å². The van der Waals surface area contributed by atoms with Gasteiger partial charge in [0.05, 0.1) is 5.75 Å². The Labute approximate surface area is 174 Å². The molecule has 2 heterocycles. The zero-order chi connectivity index (χ0) is 19.2. The Balaban J connectivity index is 1.61. The third-order valence-corrected chi connectivity index (χ3v) is 5.20. The molecule has 1 N–H and O–H groups in total. The number of benzene rings is 1. The molecule has 0 radical (unpaired) electrons. The van der Waals surface area contributed by atoms with E-state index in [1.165, 1.54) is 11.8 Å². The number of rotatable bonds is 8. The summed E-state index contributed by atoms with van der Waals surface area (Å²) >= 11 is 10.4. The number of carbonyl (C=O) groups excluding carboxylic acids is 1. The van der Waals surface area contributed by atoms with E-state index in [0.29, 0.717) is 39.5 Å². The van der Waals surface area contributed by atoms with Crippen molar-refractivity contribution in [2.75, 3.05) is 5.75 Å². The Morgan fingerprint density at radius 3 is 2.74 bits per heavy atom. The first-order chi connectivity index (χ1) is 13.1. The fourth-order valence-corrected chi connectivity index (χ4v) is 3.50. The van der Waals surface area contributed by atoms with Crippen LogP contribution in [0.4, 0.5) is 0 Å². The fourth-order valence-electron chi connectivity index (χ4n) is 2.29. The van der Waals surface area contributed by atoms with Crippen LogP contribution in [-0.2, 0) is 17.9 Å². The van der Waals surface area contributed by atoms with E-state index in [0.717, 1.165) is 5.56 Å². The number of thioether (sulfide) groups is 1. The van der Waals surface area contributed by atoms with Crippen LogP contribution in [0.15, 0.2) is 63.3 Å². The van der Waals surface area contributed by atoms with Gasteiger partial charge in [0.1, 0.15) is 0 Å². The molecule has 0 saturated carbocycles. The second kappa shape index (κ2) is 9.25. The third-order valence-electron chi connectivity index (χ3n) is 3.56. The van der Waals surface area contributed by atoms with Crippen molar-refractivity contribution in [3.05, 3.63) is 64.3 Å². The van der Waals surface area contributed by atoms with Gasteiger partial charge in [-0.2, -0.15) is 0 Å². The molecular weight excluding hydrogens is 452 g/mol. The lowest BCUT2D eigenvalue weighted by atomic mass is 10.2. The van der Waals surface area contributed by atoms with Crippen LogP contribution in [0.3, 0.4) is 0 Å². The fraction of sp³-hybridized carbons (Fsp3) is 0.167. The first kappa shape index (κ1) is 19.7. The average molecular weight is 468 g/mol. The molecule has 3 aromatic rings. The highest BCUT2D eigenvalue weighted by Gasteiger charge is 2.17. The molecule has 0 aliphatic rings. The molecule has 0 unspecified atom stereocenters. The molecule has 1 aromatic carbocycles. The summed E-state index contributed by atoms with van der Waals surface area (Å²) in [4.78, 5) is 12.1. The SMILES string of the molecule is C=CCn1c(SCC(=O)NCc2ccc(Cl)cc2)nnc1-c1ccc(Br)o1. The third kappa shape index (κ3) is 5.24. The van der Waals surface area contributed by atoms with E-state index in [9.17, 15) is 4.79 Å². The summed E-state index contributed by atoms with van der Waals surface area (Å²) in [6.07, 6.45) is 1.75. The van der Waals surface area contributed by atoms with Crippen LogP contribution >= 0.6 is 39.3 Å². The van der Waals surface area contributed by atoms with Crippen molar-refractivity contribution < 1.29 is 9.21 Å². The van der Waals surface area contributed by atoms with Gasteiger partial charge in [0.2, 0.25) is 11.7 Å². The van der Waals surface area contributed by atoms with Gasteiger partial charge < -0.3 is 9.73 Å². The summed E-state index contributed by atoms with van der Waals surface area (Å²) in [7, 11) is 0. The number of carbonyl (C=O) groups is 1. The van der Waals surface area contributed by atoms with Crippen LogP contribution in [0, 0.1) is 0 Å². The van der Waals surface area contributed by atoms with E-state index in [-0.39, 0.29) is 11.7 Å². The van der Waals surface area contributed by atoms with E-state index in [1.54, 1.807) is 30.3 Å². The van der Waals surface area contributed by atoms with Crippen LogP contribution in [0.25, 0.3) is 11.6 Å². The number of allylic oxidation sites excluding steroid dienone is 1. The van der Waals surface area contributed by atoms with E-state index >= 15 is 0 Å². The summed E-state index contributed by atoms with van der Waals surface area (Å²) in [5.74, 6) is 1.32. The Hall–Kier alpha value is -2.03. The van der Waals surface area contributed by atoms with E-state index < -0.39 is 0 Å². The Bertz CT molecular complexity index is 939. The van der Waals surface area contributed by atoms with Crippen LogP contribution in [0.2, 0.25) is 5.02 Å². The second-order valence-electron chi connectivity index (χ2n) is 5.50. The summed E-state index contributed by atoms with van der Waals surface area (Å²) in [5, 5.41) is 12.5. The summed E-state index contributed by atoms with van der Waals surface area (Å²) in [6.45, 7) is 4.72. The highest BCUT2D eigenvalue weighted by molar-refractivity contribution is 9.10. The second-order valence-corrected chi connectivity index (χ2v) is 7.66. The van der Waals surface area contributed by atoms with Gasteiger partial charge in [-0.25, -0.2) is 0 Å². The molecule has 2 aromatic heterocycles. The number of amides is 1. The number of hydrogen-bond donors (Lipinski definition) is 1. The molecule has 1 amide bonds. The number of halogens is 2. The van der Waals surface area contributed by atoms with Gasteiger partial charge in [-0.3, -0.25) is 9.36 Å². The Morgan fingerprint density at radius 1 is 1.30 bits per heavy atom. The van der Waals surface area contributed by atoms with Gasteiger partial charge in [0, 0.05) is 18.1 Å². The van der Waals surface area contributed by atoms with Crippen molar-refractivity contribution in [2.45, 2.75) is 18.2 Å². The number of hydrogen-bond acceptors (Lipinski definition) is 5. The lowest BCUT2D eigenvalue weighted by Gasteiger charge is -2.07. The van der Waals surface area contributed by atoms with Crippen molar-refractivity contribution >= 4 is 45.2 Å². The van der Waals surface area contributed by atoms with Crippen molar-refractivity contribution in [1.82, 2.24) is 20.1 Å². The number of aromatic nitrogens is 3. The van der Waals surface area contributed by atoms with Gasteiger partial charge in [0.25, 0.3) is 0 Å². The van der Waals surface area contributed by atoms with Gasteiger partial charge in [0.15, 0.2) is 15.6 Å². The molecule has 0 saturated heterocycles. The summed E-state index contributed by atoms with van der Waals surface area (Å²) in [6, 6.07) is 10.9. The van der Waals surface area contributed by atoms with Crippen molar-refractivity contribution in [2.24, 2.45) is 0 Å². The lowest BCUT2D eigenvalue weighted by Crippen LogP contribution is -2.24. The molecule has 0 aliphatic heterocycles. The van der Waals surface area contributed by atoms with Gasteiger partial charge >= 0.3 is 0 Å².